The molecule has 0 aromatic heterocycles. The van der Waals surface area contributed by atoms with Crippen LogP contribution in [0.3, 0.4) is 0 Å². The van der Waals surface area contributed by atoms with E-state index in [1.54, 1.807) is 14.2 Å². The van der Waals surface area contributed by atoms with Crippen molar-refractivity contribution < 1.29 is 9.47 Å². The standard InChI is InChI=1S/C24H41N5O2/c1-5-25-24(26-11-7-19-8-12-28(6-2)13-9-19)27-20-10-14-29(18-20)21-15-22(30-3)17-23(16-21)31-4/h15-17,19-20H,5-14,18H2,1-4H3,(H2,25,26,27). The van der Waals surface area contributed by atoms with E-state index in [1.807, 2.05) is 6.07 Å². The molecule has 174 valence electrons. The SMILES string of the molecule is CCNC(=NCCC1CCN(CC)CC1)NC1CCN(c2cc(OC)cc(OC)c2)C1. The average Bonchev–Trinajstić information content (AvgIpc) is 3.27. The van der Waals surface area contributed by atoms with Crippen LogP contribution in [-0.4, -0.2) is 76.9 Å². The fraction of sp³-hybridized carbons (Fsp3) is 0.708. The monoisotopic (exact) mass is 431 g/mol. The molecule has 1 aromatic rings. The Kier molecular flexibility index (Phi) is 9.13. The van der Waals surface area contributed by atoms with Crippen molar-refractivity contribution in [2.75, 3.05) is 64.9 Å². The molecule has 7 heteroatoms. The van der Waals surface area contributed by atoms with Gasteiger partial charge in [-0.05, 0) is 58.2 Å². The molecule has 31 heavy (non-hydrogen) atoms. The smallest absolute Gasteiger partial charge is 0.191 e. The fourth-order valence-electron chi connectivity index (χ4n) is 4.55. The highest BCUT2D eigenvalue weighted by molar-refractivity contribution is 5.80. The van der Waals surface area contributed by atoms with Gasteiger partial charge >= 0.3 is 0 Å². The Labute approximate surface area is 188 Å². The van der Waals surface area contributed by atoms with Crippen LogP contribution in [0, 0.1) is 5.92 Å². The number of benzene rings is 1. The van der Waals surface area contributed by atoms with Gasteiger partial charge < -0.3 is 29.9 Å². The third kappa shape index (κ3) is 6.92. The first-order chi connectivity index (χ1) is 15.1. The molecule has 0 saturated carbocycles. The number of rotatable bonds is 9. The Balaban J connectivity index is 1.51. The van der Waals surface area contributed by atoms with Crippen molar-refractivity contribution in [2.45, 2.75) is 45.6 Å². The van der Waals surface area contributed by atoms with E-state index >= 15 is 0 Å². The van der Waals surface area contributed by atoms with Crippen LogP contribution < -0.4 is 25.0 Å². The van der Waals surface area contributed by atoms with Crippen LogP contribution in [0.25, 0.3) is 0 Å². The van der Waals surface area contributed by atoms with Gasteiger partial charge in [-0.25, -0.2) is 0 Å². The largest absolute Gasteiger partial charge is 0.497 e. The number of likely N-dealkylation sites (tertiary alicyclic amines) is 1. The quantitative estimate of drug-likeness (QED) is 0.463. The topological polar surface area (TPSA) is 61.4 Å². The van der Waals surface area contributed by atoms with Crippen LogP contribution in [0.15, 0.2) is 23.2 Å². The summed E-state index contributed by atoms with van der Waals surface area (Å²) in [5.41, 5.74) is 1.14. The molecule has 2 N–H and O–H groups in total. The molecule has 2 fully saturated rings. The molecule has 1 atom stereocenters. The lowest BCUT2D eigenvalue weighted by atomic mass is 9.94. The number of anilines is 1. The Morgan fingerprint density at radius 3 is 2.35 bits per heavy atom. The maximum Gasteiger partial charge on any atom is 0.191 e. The van der Waals surface area contributed by atoms with Gasteiger partial charge in [0, 0.05) is 56.1 Å². The van der Waals surface area contributed by atoms with Gasteiger partial charge in [-0.15, -0.1) is 0 Å². The average molecular weight is 432 g/mol. The Hall–Kier alpha value is -2.15. The molecule has 7 nitrogen and oxygen atoms in total. The minimum atomic E-state index is 0.378. The van der Waals surface area contributed by atoms with Gasteiger partial charge in [-0.1, -0.05) is 6.92 Å². The van der Waals surface area contributed by atoms with Crippen molar-refractivity contribution in [3.05, 3.63) is 18.2 Å². The molecule has 0 bridgehead atoms. The van der Waals surface area contributed by atoms with Crippen molar-refractivity contribution in [2.24, 2.45) is 10.9 Å². The van der Waals surface area contributed by atoms with E-state index in [4.69, 9.17) is 14.5 Å². The summed E-state index contributed by atoms with van der Waals surface area (Å²) in [6.45, 7) is 11.8. The van der Waals surface area contributed by atoms with E-state index < -0.39 is 0 Å². The summed E-state index contributed by atoms with van der Waals surface area (Å²) in [6.07, 6.45) is 4.90. The van der Waals surface area contributed by atoms with Gasteiger partial charge in [0.15, 0.2) is 5.96 Å². The molecular formula is C24H41N5O2. The number of nitrogens with zero attached hydrogens (tertiary/aromatic N) is 3. The second-order valence-electron chi connectivity index (χ2n) is 8.57. The van der Waals surface area contributed by atoms with E-state index in [-0.39, 0.29) is 0 Å². The van der Waals surface area contributed by atoms with Gasteiger partial charge in [0.05, 0.1) is 14.2 Å². The van der Waals surface area contributed by atoms with Gasteiger partial charge in [0.2, 0.25) is 0 Å². The molecule has 3 rings (SSSR count). The zero-order chi connectivity index (χ0) is 22.1. The maximum absolute atomic E-state index is 5.43. The summed E-state index contributed by atoms with van der Waals surface area (Å²) in [5.74, 6) is 3.42. The molecule has 2 saturated heterocycles. The van der Waals surface area contributed by atoms with Crippen LogP contribution >= 0.6 is 0 Å². The van der Waals surface area contributed by atoms with Gasteiger partial charge in [0.1, 0.15) is 11.5 Å². The number of hydrogen-bond acceptors (Lipinski definition) is 5. The third-order valence-corrected chi connectivity index (χ3v) is 6.54. The molecular weight excluding hydrogens is 390 g/mol. The molecule has 2 aliphatic heterocycles. The first kappa shape index (κ1) is 23.5. The van der Waals surface area contributed by atoms with E-state index in [0.29, 0.717) is 6.04 Å². The number of ether oxygens (including phenoxy) is 2. The Bertz CT molecular complexity index is 681. The van der Waals surface area contributed by atoms with Gasteiger partial charge in [0.25, 0.3) is 0 Å². The molecule has 0 radical (unpaired) electrons. The van der Waals surface area contributed by atoms with Crippen molar-refractivity contribution in [1.29, 1.82) is 0 Å². The highest BCUT2D eigenvalue weighted by atomic mass is 16.5. The van der Waals surface area contributed by atoms with E-state index in [9.17, 15) is 0 Å². The molecule has 2 heterocycles. The van der Waals surface area contributed by atoms with Crippen molar-refractivity contribution in [1.82, 2.24) is 15.5 Å². The van der Waals surface area contributed by atoms with Crippen molar-refractivity contribution in [3.63, 3.8) is 0 Å². The summed E-state index contributed by atoms with van der Waals surface area (Å²) in [6, 6.07) is 6.45. The third-order valence-electron chi connectivity index (χ3n) is 6.54. The molecule has 1 aromatic carbocycles. The minimum absolute atomic E-state index is 0.378. The lowest BCUT2D eigenvalue weighted by molar-refractivity contribution is 0.188. The summed E-state index contributed by atoms with van der Waals surface area (Å²) in [5, 5.41) is 7.08. The van der Waals surface area contributed by atoms with Crippen LogP contribution in [0.2, 0.25) is 0 Å². The number of methoxy groups -OCH3 is 2. The van der Waals surface area contributed by atoms with E-state index in [1.165, 1.54) is 38.9 Å². The summed E-state index contributed by atoms with van der Waals surface area (Å²) < 4.78 is 10.9. The lowest BCUT2D eigenvalue weighted by Crippen LogP contribution is -2.44. The molecule has 0 spiro atoms. The summed E-state index contributed by atoms with van der Waals surface area (Å²) in [4.78, 5) is 9.82. The highest BCUT2D eigenvalue weighted by Crippen LogP contribution is 2.30. The molecule has 0 amide bonds. The summed E-state index contributed by atoms with van der Waals surface area (Å²) in [7, 11) is 3.39. The molecule has 1 unspecified atom stereocenters. The van der Waals surface area contributed by atoms with Crippen LogP contribution in [0.1, 0.15) is 39.5 Å². The highest BCUT2D eigenvalue weighted by Gasteiger charge is 2.24. The van der Waals surface area contributed by atoms with Gasteiger partial charge in [-0.3, -0.25) is 4.99 Å². The normalized spacial score (nSPS) is 20.7. The number of aliphatic imine (C=N–C) groups is 1. The first-order valence-corrected chi connectivity index (χ1v) is 11.9. The van der Waals surface area contributed by atoms with Crippen LogP contribution in [-0.2, 0) is 0 Å². The van der Waals surface area contributed by atoms with Crippen LogP contribution in [0.5, 0.6) is 11.5 Å². The Morgan fingerprint density at radius 1 is 1.03 bits per heavy atom. The lowest BCUT2D eigenvalue weighted by Gasteiger charge is -2.30. The van der Waals surface area contributed by atoms with E-state index in [0.717, 1.165) is 61.7 Å². The number of guanidine groups is 1. The number of piperidine rings is 1. The van der Waals surface area contributed by atoms with Crippen molar-refractivity contribution in [3.8, 4) is 11.5 Å². The first-order valence-electron chi connectivity index (χ1n) is 11.9. The predicted octanol–water partition coefficient (Wildman–Crippen LogP) is 2.96. The minimum Gasteiger partial charge on any atom is -0.497 e. The fourth-order valence-corrected chi connectivity index (χ4v) is 4.55. The molecule has 0 aliphatic carbocycles. The maximum atomic E-state index is 5.43. The zero-order valence-corrected chi connectivity index (χ0v) is 19.8. The van der Waals surface area contributed by atoms with Gasteiger partial charge in [-0.2, -0.15) is 0 Å². The number of nitrogens with one attached hydrogen (secondary N) is 2. The van der Waals surface area contributed by atoms with Crippen LogP contribution in [0.4, 0.5) is 5.69 Å². The van der Waals surface area contributed by atoms with Crippen molar-refractivity contribution >= 4 is 11.6 Å². The predicted molar refractivity (Wildman–Crippen MR) is 129 cm³/mol. The summed E-state index contributed by atoms with van der Waals surface area (Å²) >= 11 is 0. The second-order valence-corrected chi connectivity index (χ2v) is 8.57. The molecule has 2 aliphatic rings. The zero-order valence-electron chi connectivity index (χ0n) is 19.8. The second kappa shape index (κ2) is 12.0. The number of hydrogen-bond donors (Lipinski definition) is 2. The van der Waals surface area contributed by atoms with E-state index in [2.05, 4.69) is 46.4 Å². The Morgan fingerprint density at radius 2 is 1.74 bits per heavy atom.